The molecule has 47 heavy (non-hydrogen) atoms. The van der Waals surface area contributed by atoms with Crippen molar-refractivity contribution in [3.8, 4) is 0 Å². The van der Waals surface area contributed by atoms with Gasteiger partial charge in [0.2, 0.25) is 0 Å². The number of carbonyl (C=O) groups is 3. The second kappa shape index (κ2) is 15.0. The molecular weight excluding hydrogens is 638 g/mol. The molecule has 2 aromatic rings. The number of halogens is 1. The summed E-state index contributed by atoms with van der Waals surface area (Å²) in [6.45, 7) is 9.11. The number of carbonyl (C=O) groups excluding carboxylic acids is 3. The highest BCUT2D eigenvalue weighted by atomic mass is 35.5. The molecule has 0 saturated carbocycles. The average molecular weight is 686 g/mol. The molecule has 3 saturated heterocycles. The number of anilines is 2. The molecule has 1 aromatic heterocycles. The summed E-state index contributed by atoms with van der Waals surface area (Å²) in [7, 11) is 2.18. The number of benzene rings is 1. The van der Waals surface area contributed by atoms with E-state index in [1.54, 1.807) is 22.3 Å². The van der Waals surface area contributed by atoms with Gasteiger partial charge in [-0.25, -0.2) is 9.59 Å². The average Bonchev–Trinajstić information content (AvgIpc) is 3.42. The molecule has 4 amide bonds. The number of fused-ring (bicyclic) bond motifs is 1. The standard InChI is InChI=1S/C34H48ClN7O4S/c1-3-24-17-23(18-28(35)31(24)36)19-30(32(43)40-11-5-26(6-12-40)39-10-4-9-38(2)15-16-39)46-34(45)41-13-7-27(8-14-41)42-20-25-21-47-22-29(25)37-33(42)44/h17-18,21-22,26-27,30H,3-16,19-20,36H2,1-2H3,(H,37,44)/t30-/m1/s1. The second-order valence-electron chi connectivity index (χ2n) is 13.4. The summed E-state index contributed by atoms with van der Waals surface area (Å²) in [5.74, 6) is -0.162. The normalized spacial score (nSPS) is 21.3. The molecule has 3 fully saturated rings. The molecule has 13 heteroatoms. The number of hydrogen-bond acceptors (Lipinski definition) is 8. The highest BCUT2D eigenvalue weighted by molar-refractivity contribution is 7.08. The van der Waals surface area contributed by atoms with Gasteiger partial charge in [0.15, 0.2) is 6.10 Å². The largest absolute Gasteiger partial charge is 0.436 e. The summed E-state index contributed by atoms with van der Waals surface area (Å²) < 4.78 is 6.08. The van der Waals surface area contributed by atoms with Crippen LogP contribution in [0.25, 0.3) is 0 Å². The van der Waals surface area contributed by atoms with Crippen LogP contribution in [0.4, 0.5) is 21.0 Å². The molecule has 0 spiro atoms. The van der Waals surface area contributed by atoms with Gasteiger partial charge >= 0.3 is 12.1 Å². The maximum absolute atomic E-state index is 14.1. The van der Waals surface area contributed by atoms with Crippen LogP contribution < -0.4 is 11.1 Å². The molecule has 3 N–H and O–H groups in total. The summed E-state index contributed by atoms with van der Waals surface area (Å²) >= 11 is 8.06. The maximum atomic E-state index is 14.1. The minimum Gasteiger partial charge on any atom is -0.436 e. The molecular formula is C34H48ClN7O4S. The summed E-state index contributed by atoms with van der Waals surface area (Å²) in [6.07, 6.45) is 3.74. The lowest BCUT2D eigenvalue weighted by Gasteiger charge is -2.40. The highest BCUT2D eigenvalue weighted by Gasteiger charge is 2.37. The van der Waals surface area contributed by atoms with Crippen LogP contribution in [0.5, 0.6) is 0 Å². The van der Waals surface area contributed by atoms with E-state index in [1.165, 1.54) is 0 Å². The Bertz CT molecular complexity index is 1440. The number of nitrogen functional groups attached to an aromatic ring is 1. The second-order valence-corrected chi connectivity index (χ2v) is 14.6. The first-order valence-electron chi connectivity index (χ1n) is 17.1. The first-order valence-corrected chi connectivity index (χ1v) is 18.4. The van der Waals surface area contributed by atoms with E-state index in [0.29, 0.717) is 68.7 Å². The molecule has 0 radical (unpaired) electrons. The monoisotopic (exact) mass is 685 g/mol. The van der Waals surface area contributed by atoms with E-state index < -0.39 is 12.2 Å². The zero-order valence-corrected chi connectivity index (χ0v) is 29.2. The van der Waals surface area contributed by atoms with E-state index >= 15 is 0 Å². The first kappa shape index (κ1) is 33.8. The fourth-order valence-electron chi connectivity index (χ4n) is 7.48. The molecule has 5 heterocycles. The van der Waals surface area contributed by atoms with E-state index in [4.69, 9.17) is 22.1 Å². The topological polar surface area (TPSA) is 115 Å². The van der Waals surface area contributed by atoms with Gasteiger partial charge in [-0.05, 0) is 81.2 Å². The van der Waals surface area contributed by atoms with E-state index in [2.05, 4.69) is 27.5 Å². The number of nitrogens with two attached hydrogens (primary N) is 1. The number of hydrogen-bond donors (Lipinski definition) is 2. The summed E-state index contributed by atoms with van der Waals surface area (Å²) in [4.78, 5) is 50.9. The lowest BCUT2D eigenvalue weighted by Crippen LogP contribution is -2.53. The number of amides is 4. The summed E-state index contributed by atoms with van der Waals surface area (Å²) in [6, 6.07) is 4.14. The van der Waals surface area contributed by atoms with Crippen molar-refractivity contribution in [2.45, 2.75) is 76.6 Å². The number of ether oxygens (including phenoxy) is 1. The van der Waals surface area contributed by atoms with Gasteiger partial charge in [-0.2, -0.15) is 0 Å². The molecule has 0 unspecified atom stereocenters. The number of likely N-dealkylation sites (tertiary alicyclic amines) is 2. The number of piperidine rings is 2. The van der Waals surface area contributed by atoms with Gasteiger partial charge < -0.3 is 35.4 Å². The number of likely N-dealkylation sites (N-methyl/N-ethyl adjacent to an activating group) is 1. The number of nitrogens with one attached hydrogen (secondary N) is 1. The van der Waals surface area contributed by atoms with Crippen molar-refractivity contribution in [1.82, 2.24) is 24.5 Å². The Balaban J connectivity index is 1.10. The molecule has 1 aromatic carbocycles. The van der Waals surface area contributed by atoms with Gasteiger partial charge in [0.25, 0.3) is 5.91 Å². The number of rotatable bonds is 7. The molecule has 1 atom stereocenters. The van der Waals surface area contributed by atoms with Crippen LogP contribution >= 0.6 is 22.9 Å². The zero-order valence-electron chi connectivity index (χ0n) is 27.6. The smallest absolute Gasteiger partial charge is 0.410 e. The lowest BCUT2D eigenvalue weighted by molar-refractivity contribution is -0.142. The van der Waals surface area contributed by atoms with Gasteiger partial charge in [-0.15, -0.1) is 11.3 Å². The Morgan fingerprint density at radius 2 is 1.72 bits per heavy atom. The molecule has 4 aliphatic rings. The Labute approximate surface area is 286 Å². The van der Waals surface area contributed by atoms with Gasteiger partial charge in [0.05, 0.1) is 22.9 Å². The van der Waals surface area contributed by atoms with Crippen molar-refractivity contribution in [3.63, 3.8) is 0 Å². The predicted molar refractivity (Wildman–Crippen MR) is 186 cm³/mol. The van der Waals surface area contributed by atoms with E-state index in [-0.39, 0.29) is 24.4 Å². The predicted octanol–water partition coefficient (Wildman–Crippen LogP) is 4.73. The van der Waals surface area contributed by atoms with Crippen LogP contribution in [0.1, 0.15) is 55.7 Å². The minimum absolute atomic E-state index is 0.0276. The number of urea groups is 1. The number of thiophene rings is 1. The van der Waals surface area contributed by atoms with Gasteiger partial charge in [0, 0.05) is 68.7 Å². The van der Waals surface area contributed by atoms with Crippen molar-refractivity contribution in [3.05, 3.63) is 44.6 Å². The fraction of sp³-hybridized carbons (Fsp3) is 0.618. The Morgan fingerprint density at radius 3 is 2.47 bits per heavy atom. The molecule has 4 aliphatic heterocycles. The van der Waals surface area contributed by atoms with Crippen molar-refractivity contribution in [1.29, 1.82) is 0 Å². The number of aryl methyl sites for hydroxylation is 1. The maximum Gasteiger partial charge on any atom is 0.410 e. The molecule has 0 aliphatic carbocycles. The van der Waals surface area contributed by atoms with Crippen LogP contribution in [-0.4, -0.2) is 120 Å². The highest BCUT2D eigenvalue weighted by Crippen LogP contribution is 2.31. The SMILES string of the molecule is CCc1cc(C[C@@H](OC(=O)N2CCC(N3Cc4cscc4NC3=O)CC2)C(=O)N2CCC(N3CCCN(C)CC3)CC2)cc(Cl)c1N. The molecule has 256 valence electrons. The van der Waals surface area contributed by atoms with Crippen LogP contribution in [-0.2, 0) is 28.9 Å². The third kappa shape index (κ3) is 7.82. The fourth-order valence-corrected chi connectivity index (χ4v) is 8.52. The third-order valence-corrected chi connectivity index (χ3v) is 11.5. The van der Waals surface area contributed by atoms with E-state index in [0.717, 1.165) is 67.8 Å². The molecule has 0 bridgehead atoms. The molecule has 11 nitrogen and oxygen atoms in total. The van der Waals surface area contributed by atoms with Crippen LogP contribution in [0, 0.1) is 0 Å². The Kier molecular flexibility index (Phi) is 10.8. The summed E-state index contributed by atoms with van der Waals surface area (Å²) in [5, 5.41) is 7.45. The van der Waals surface area contributed by atoms with E-state index in [9.17, 15) is 14.4 Å². The first-order chi connectivity index (χ1) is 22.7. The van der Waals surface area contributed by atoms with Crippen molar-refractivity contribution < 1.29 is 19.1 Å². The van der Waals surface area contributed by atoms with E-state index in [1.807, 2.05) is 28.2 Å². The van der Waals surface area contributed by atoms with Crippen LogP contribution in [0.15, 0.2) is 22.9 Å². The van der Waals surface area contributed by atoms with Crippen molar-refractivity contribution in [2.75, 3.05) is 70.5 Å². The van der Waals surface area contributed by atoms with Crippen LogP contribution in [0.3, 0.4) is 0 Å². The Hall–Kier alpha value is -3.06. The lowest BCUT2D eigenvalue weighted by atomic mass is 9.99. The van der Waals surface area contributed by atoms with Gasteiger partial charge in [-0.1, -0.05) is 24.6 Å². The minimum atomic E-state index is -0.974. The Morgan fingerprint density at radius 1 is 1.00 bits per heavy atom. The quantitative estimate of drug-likeness (QED) is 0.405. The van der Waals surface area contributed by atoms with Gasteiger partial charge in [-0.3, -0.25) is 9.69 Å². The van der Waals surface area contributed by atoms with Gasteiger partial charge in [0.1, 0.15) is 0 Å². The number of nitrogens with zero attached hydrogens (tertiary/aromatic N) is 5. The van der Waals surface area contributed by atoms with Crippen LogP contribution in [0.2, 0.25) is 5.02 Å². The summed E-state index contributed by atoms with van der Waals surface area (Å²) in [5.41, 5.74) is 10.5. The van der Waals surface area contributed by atoms with Crippen molar-refractivity contribution in [2.24, 2.45) is 0 Å². The zero-order chi connectivity index (χ0) is 33.1. The third-order valence-electron chi connectivity index (χ3n) is 10.4. The molecule has 6 rings (SSSR count). The van der Waals surface area contributed by atoms with Crippen molar-refractivity contribution >= 4 is 52.3 Å².